The molecule has 5 heterocycles. The Morgan fingerprint density at radius 3 is 2.58 bits per heavy atom. The third-order valence-corrected chi connectivity index (χ3v) is 8.56. The van der Waals surface area contributed by atoms with Crippen LogP contribution in [0.1, 0.15) is 54.1 Å². The molecular weight excluding hydrogens is 506 g/mol. The van der Waals surface area contributed by atoms with Crippen molar-refractivity contribution >= 4 is 17.7 Å². The monoisotopic (exact) mass is 545 g/mol. The number of piperazine rings is 1. The number of pyridine rings is 1. The zero-order valence-electron chi connectivity index (χ0n) is 24.1. The lowest BCUT2D eigenvalue weighted by Crippen LogP contribution is -2.65. The van der Waals surface area contributed by atoms with Crippen molar-refractivity contribution in [1.29, 1.82) is 0 Å². The number of rotatable bonds is 4. The summed E-state index contributed by atoms with van der Waals surface area (Å²) in [6, 6.07) is 9.67. The first-order valence-corrected chi connectivity index (χ1v) is 13.9. The lowest BCUT2D eigenvalue weighted by atomic mass is 9.79. The molecule has 0 bridgehead atoms. The van der Waals surface area contributed by atoms with Gasteiger partial charge in [0.1, 0.15) is 11.5 Å². The van der Waals surface area contributed by atoms with Crippen LogP contribution in [-0.2, 0) is 11.3 Å². The number of carbonyl (C=O) groups excluding carboxylic acids is 2. The number of allylic oxidation sites excluding steroid dienone is 1. The quantitative estimate of drug-likeness (QED) is 0.459. The van der Waals surface area contributed by atoms with Gasteiger partial charge in [-0.3, -0.25) is 9.59 Å². The Labute approximate surface area is 235 Å². The summed E-state index contributed by atoms with van der Waals surface area (Å²) in [5.41, 5.74) is 4.98. The first-order chi connectivity index (χ1) is 19.3. The number of hydrogen-bond acceptors (Lipinski definition) is 7. The predicted molar refractivity (Wildman–Crippen MR) is 154 cm³/mol. The standard InChI is InChI=1S/C23H33N3O3.C8H6N2O/c1-6-26-21(27)15-25-14-17-12-18(28-4)13-19(29-5)22(17)16(2)11-20(25)23(26)7-9-24(3)10-8-23;11-6-7-5-9-10-4-2-1-3-8(7)10/h11-13,16H,6-10,14-15H2,1-5H3;1-6H/t16-;/m0./s1. The second-order valence-corrected chi connectivity index (χ2v) is 10.8. The van der Waals surface area contributed by atoms with Crippen molar-refractivity contribution in [1.82, 2.24) is 24.3 Å². The topological polar surface area (TPSA) is 79.6 Å². The maximum Gasteiger partial charge on any atom is 0.242 e. The fourth-order valence-corrected chi connectivity index (χ4v) is 6.56. The molecule has 0 unspecified atom stereocenters. The number of benzene rings is 1. The third-order valence-electron chi connectivity index (χ3n) is 8.56. The molecule has 3 aliphatic rings. The molecule has 0 N–H and O–H groups in total. The Bertz CT molecular complexity index is 1420. The van der Waals surface area contributed by atoms with Crippen LogP contribution in [0.4, 0.5) is 0 Å². The Hall–Kier alpha value is -3.85. The van der Waals surface area contributed by atoms with Crippen LogP contribution < -0.4 is 9.47 Å². The highest BCUT2D eigenvalue weighted by Crippen LogP contribution is 2.46. The molecule has 2 aromatic heterocycles. The van der Waals surface area contributed by atoms with Crippen molar-refractivity contribution in [2.75, 3.05) is 47.4 Å². The molecule has 9 heteroatoms. The number of aromatic nitrogens is 2. The van der Waals surface area contributed by atoms with Crippen molar-refractivity contribution in [3.05, 3.63) is 71.2 Å². The minimum Gasteiger partial charge on any atom is -0.497 e. The van der Waals surface area contributed by atoms with E-state index in [9.17, 15) is 9.59 Å². The molecule has 1 spiro atoms. The van der Waals surface area contributed by atoms with E-state index in [1.165, 1.54) is 16.8 Å². The smallest absolute Gasteiger partial charge is 0.242 e. The largest absolute Gasteiger partial charge is 0.497 e. The van der Waals surface area contributed by atoms with Gasteiger partial charge in [-0.15, -0.1) is 0 Å². The van der Waals surface area contributed by atoms with Crippen LogP contribution in [0.3, 0.4) is 0 Å². The first kappa shape index (κ1) is 27.7. The first-order valence-electron chi connectivity index (χ1n) is 13.9. The predicted octanol–water partition coefficient (Wildman–Crippen LogP) is 3.98. The number of likely N-dealkylation sites (N-methyl/N-ethyl adjacent to an activating group) is 1. The molecule has 0 radical (unpaired) electrons. The van der Waals surface area contributed by atoms with Gasteiger partial charge in [-0.2, -0.15) is 5.10 Å². The van der Waals surface area contributed by atoms with Crippen LogP contribution >= 0.6 is 0 Å². The molecule has 1 aromatic carbocycles. The maximum absolute atomic E-state index is 13.2. The van der Waals surface area contributed by atoms with E-state index >= 15 is 0 Å². The van der Waals surface area contributed by atoms with Crippen molar-refractivity contribution in [2.45, 2.75) is 44.7 Å². The van der Waals surface area contributed by atoms with Gasteiger partial charge in [0.15, 0.2) is 6.29 Å². The van der Waals surface area contributed by atoms with E-state index in [0.717, 1.165) is 55.8 Å². The number of amides is 1. The average Bonchev–Trinajstić information content (AvgIpc) is 3.33. The summed E-state index contributed by atoms with van der Waals surface area (Å²) in [5, 5.41) is 3.97. The second kappa shape index (κ2) is 11.3. The molecule has 40 heavy (non-hydrogen) atoms. The molecule has 0 aliphatic carbocycles. The summed E-state index contributed by atoms with van der Waals surface area (Å²) < 4.78 is 12.9. The number of aldehydes is 1. The van der Waals surface area contributed by atoms with Crippen LogP contribution in [-0.4, -0.2) is 89.5 Å². The second-order valence-electron chi connectivity index (χ2n) is 10.8. The number of ether oxygens (including phenoxy) is 2. The number of nitrogens with zero attached hydrogens (tertiary/aromatic N) is 5. The molecule has 6 rings (SSSR count). The van der Waals surface area contributed by atoms with Crippen molar-refractivity contribution in [2.24, 2.45) is 0 Å². The number of methoxy groups -OCH3 is 2. The number of piperidine rings is 1. The third kappa shape index (κ3) is 4.83. The van der Waals surface area contributed by atoms with Crippen molar-refractivity contribution in [3.63, 3.8) is 0 Å². The molecule has 212 valence electrons. The summed E-state index contributed by atoms with van der Waals surface area (Å²) in [5.74, 6) is 2.10. The highest BCUT2D eigenvalue weighted by Gasteiger charge is 2.50. The van der Waals surface area contributed by atoms with Crippen LogP contribution in [0.2, 0.25) is 0 Å². The molecule has 3 aromatic rings. The highest BCUT2D eigenvalue weighted by atomic mass is 16.5. The van der Waals surface area contributed by atoms with Gasteiger partial charge >= 0.3 is 0 Å². The lowest BCUT2D eigenvalue weighted by molar-refractivity contribution is -0.145. The molecule has 2 fully saturated rings. The Morgan fingerprint density at radius 1 is 1.12 bits per heavy atom. The molecule has 0 saturated carbocycles. The zero-order valence-corrected chi connectivity index (χ0v) is 24.1. The Balaban J connectivity index is 0.000000244. The summed E-state index contributed by atoms with van der Waals surface area (Å²) in [7, 11) is 5.57. The van der Waals surface area contributed by atoms with Crippen LogP contribution in [0, 0.1) is 0 Å². The SMILES string of the molecule is CCN1C(=O)CN2Cc3cc(OC)cc(OC)c3[C@@H](C)C=C2C12CCN(C)CC2.O=Cc1cnn2ccccc12. The Kier molecular flexibility index (Phi) is 7.85. The van der Waals surface area contributed by atoms with Crippen LogP contribution in [0.5, 0.6) is 11.5 Å². The number of hydrogen-bond donors (Lipinski definition) is 0. The number of likely N-dealkylation sites (tertiary alicyclic amines) is 1. The van der Waals surface area contributed by atoms with Gasteiger partial charge < -0.3 is 24.2 Å². The fraction of sp³-hybridized carbons (Fsp3) is 0.452. The minimum absolute atomic E-state index is 0.203. The van der Waals surface area contributed by atoms with Crippen molar-refractivity contribution < 1.29 is 19.1 Å². The molecular formula is C31H39N5O4. The molecule has 2 saturated heterocycles. The van der Waals surface area contributed by atoms with E-state index in [1.807, 2.05) is 30.5 Å². The normalized spacial score (nSPS) is 20.2. The van der Waals surface area contributed by atoms with E-state index in [1.54, 1.807) is 24.9 Å². The van der Waals surface area contributed by atoms with E-state index < -0.39 is 0 Å². The number of fused-ring (bicyclic) bond motifs is 4. The minimum atomic E-state index is -0.204. The van der Waals surface area contributed by atoms with E-state index in [4.69, 9.17) is 9.47 Å². The summed E-state index contributed by atoms with van der Waals surface area (Å²) in [6.45, 7) is 8.26. The lowest BCUT2D eigenvalue weighted by Gasteiger charge is -2.55. The van der Waals surface area contributed by atoms with Crippen LogP contribution in [0.15, 0.2) is 54.5 Å². The van der Waals surface area contributed by atoms with Gasteiger partial charge in [0.2, 0.25) is 5.91 Å². The summed E-state index contributed by atoms with van der Waals surface area (Å²) in [6.07, 6.45) is 8.53. The molecule has 9 nitrogen and oxygen atoms in total. The number of carbonyl (C=O) groups is 2. The summed E-state index contributed by atoms with van der Waals surface area (Å²) >= 11 is 0. The molecule has 1 atom stereocenters. The molecule has 1 amide bonds. The average molecular weight is 546 g/mol. The van der Waals surface area contributed by atoms with Crippen LogP contribution in [0.25, 0.3) is 5.52 Å². The van der Waals surface area contributed by atoms with Crippen molar-refractivity contribution in [3.8, 4) is 11.5 Å². The maximum atomic E-state index is 13.2. The van der Waals surface area contributed by atoms with Gasteiger partial charge in [0.05, 0.1) is 43.6 Å². The van der Waals surface area contributed by atoms with Gasteiger partial charge in [-0.25, -0.2) is 4.52 Å². The fourth-order valence-electron chi connectivity index (χ4n) is 6.56. The summed E-state index contributed by atoms with van der Waals surface area (Å²) in [4.78, 5) is 30.4. The highest BCUT2D eigenvalue weighted by molar-refractivity contribution is 5.85. The van der Waals surface area contributed by atoms with E-state index in [2.05, 4.69) is 52.8 Å². The zero-order chi connectivity index (χ0) is 28.4. The Morgan fingerprint density at radius 2 is 1.90 bits per heavy atom. The van der Waals surface area contributed by atoms with Gasteiger partial charge in [0.25, 0.3) is 0 Å². The van der Waals surface area contributed by atoms with E-state index in [-0.39, 0.29) is 17.4 Å². The van der Waals surface area contributed by atoms with Gasteiger partial charge in [0, 0.05) is 55.6 Å². The van der Waals surface area contributed by atoms with E-state index in [0.29, 0.717) is 18.7 Å². The van der Waals surface area contributed by atoms with Gasteiger partial charge in [-0.05, 0) is 50.6 Å². The molecule has 3 aliphatic heterocycles. The van der Waals surface area contributed by atoms with Gasteiger partial charge in [-0.1, -0.05) is 19.1 Å².